The number of carbonyl (C=O) groups is 2. The number of thiophene rings is 1. The highest BCUT2D eigenvalue weighted by atomic mass is 32.2. The highest BCUT2D eigenvalue weighted by molar-refractivity contribution is 7.99. The highest BCUT2D eigenvalue weighted by Gasteiger charge is 2.23. The minimum absolute atomic E-state index is 0.00422. The maximum Gasteiger partial charge on any atom is 0.253 e. The summed E-state index contributed by atoms with van der Waals surface area (Å²) in [6, 6.07) is 11.0. The van der Waals surface area contributed by atoms with Crippen LogP contribution in [0.25, 0.3) is 10.7 Å². The fourth-order valence-corrected chi connectivity index (χ4v) is 5.05. The van der Waals surface area contributed by atoms with Crippen molar-refractivity contribution in [1.82, 2.24) is 20.1 Å². The molecular formula is C23H27N5O3S2. The minimum Gasteiger partial charge on any atom is -0.376 e. The second kappa shape index (κ2) is 11.0. The lowest BCUT2D eigenvalue weighted by Crippen LogP contribution is -2.31. The zero-order valence-electron chi connectivity index (χ0n) is 18.6. The van der Waals surface area contributed by atoms with Gasteiger partial charge in [-0.3, -0.25) is 14.2 Å². The van der Waals surface area contributed by atoms with Crippen LogP contribution >= 0.6 is 23.1 Å². The Kier molecular flexibility index (Phi) is 7.79. The number of anilines is 1. The molecule has 4 rings (SSSR count). The maximum absolute atomic E-state index is 12.7. The lowest BCUT2D eigenvalue weighted by atomic mass is 10.1. The summed E-state index contributed by atoms with van der Waals surface area (Å²) < 4.78 is 7.87. The summed E-state index contributed by atoms with van der Waals surface area (Å²) in [7, 11) is 0. The highest BCUT2D eigenvalue weighted by Crippen LogP contribution is 2.29. The van der Waals surface area contributed by atoms with Crippen molar-refractivity contribution >= 4 is 40.6 Å². The molecule has 0 spiro atoms. The summed E-state index contributed by atoms with van der Waals surface area (Å²) >= 11 is 2.93. The third kappa shape index (κ3) is 6.01. The van der Waals surface area contributed by atoms with Crippen LogP contribution in [0.2, 0.25) is 0 Å². The summed E-state index contributed by atoms with van der Waals surface area (Å²) in [5.41, 5.74) is 0.924. The van der Waals surface area contributed by atoms with Crippen LogP contribution in [0.5, 0.6) is 0 Å². The average Bonchev–Trinajstić information content (AvgIpc) is 3.55. The molecule has 10 heteroatoms. The van der Waals surface area contributed by atoms with Crippen molar-refractivity contribution in [2.75, 3.05) is 17.7 Å². The molecule has 0 radical (unpaired) electrons. The van der Waals surface area contributed by atoms with E-state index in [4.69, 9.17) is 4.74 Å². The Bertz CT molecular complexity index is 1090. The van der Waals surface area contributed by atoms with Crippen LogP contribution in [0, 0.1) is 0 Å². The van der Waals surface area contributed by atoms with Gasteiger partial charge in [0.25, 0.3) is 5.91 Å². The van der Waals surface area contributed by atoms with Gasteiger partial charge in [-0.05, 0) is 50.3 Å². The number of hydrogen-bond acceptors (Lipinski definition) is 7. The zero-order chi connectivity index (χ0) is 23.2. The van der Waals surface area contributed by atoms with Gasteiger partial charge in [0.05, 0.1) is 34.5 Å². The number of nitrogens with one attached hydrogen (secondary N) is 2. The first-order chi connectivity index (χ1) is 16.0. The smallest absolute Gasteiger partial charge is 0.253 e. The van der Waals surface area contributed by atoms with Crippen molar-refractivity contribution in [1.29, 1.82) is 0 Å². The fourth-order valence-electron chi connectivity index (χ4n) is 3.59. The number of ether oxygens (including phenoxy) is 1. The third-order valence-corrected chi connectivity index (χ3v) is 6.90. The number of thioether (sulfide) groups is 1. The Morgan fingerprint density at radius 3 is 2.82 bits per heavy atom. The van der Waals surface area contributed by atoms with E-state index in [1.165, 1.54) is 11.8 Å². The summed E-state index contributed by atoms with van der Waals surface area (Å²) in [5, 5.41) is 17.1. The Morgan fingerprint density at radius 1 is 1.24 bits per heavy atom. The fraction of sp³-hybridized carbons (Fsp3) is 0.391. The molecule has 1 unspecified atom stereocenters. The SMILES string of the molecule is CC(C)NC(=O)c1ccccc1NC(=O)CSc1nnc(-c2cccs2)n1CC1CCCO1. The van der Waals surface area contributed by atoms with Gasteiger partial charge in [0.15, 0.2) is 11.0 Å². The first-order valence-corrected chi connectivity index (χ1v) is 12.8. The van der Waals surface area contributed by atoms with E-state index in [9.17, 15) is 9.59 Å². The third-order valence-electron chi connectivity index (χ3n) is 5.07. The van der Waals surface area contributed by atoms with Crippen molar-refractivity contribution in [2.45, 2.75) is 50.5 Å². The van der Waals surface area contributed by atoms with Gasteiger partial charge in [0.2, 0.25) is 5.91 Å². The van der Waals surface area contributed by atoms with Crippen molar-refractivity contribution in [3.05, 3.63) is 47.3 Å². The van der Waals surface area contributed by atoms with Crippen LogP contribution in [-0.2, 0) is 16.1 Å². The van der Waals surface area contributed by atoms with Crippen molar-refractivity contribution in [2.24, 2.45) is 0 Å². The second-order valence-electron chi connectivity index (χ2n) is 8.04. The molecule has 1 fully saturated rings. The number of carbonyl (C=O) groups excluding carboxylic acids is 2. The van der Waals surface area contributed by atoms with Gasteiger partial charge in [-0.1, -0.05) is 30.0 Å². The second-order valence-corrected chi connectivity index (χ2v) is 9.93. The number of benzene rings is 1. The predicted molar refractivity (Wildman–Crippen MR) is 131 cm³/mol. The first kappa shape index (κ1) is 23.5. The van der Waals surface area contributed by atoms with Gasteiger partial charge in [0, 0.05) is 12.6 Å². The lowest BCUT2D eigenvalue weighted by Gasteiger charge is -2.15. The van der Waals surface area contributed by atoms with E-state index in [-0.39, 0.29) is 29.7 Å². The molecule has 174 valence electrons. The molecule has 2 N–H and O–H groups in total. The first-order valence-electron chi connectivity index (χ1n) is 10.9. The largest absolute Gasteiger partial charge is 0.376 e. The summed E-state index contributed by atoms with van der Waals surface area (Å²) in [5.74, 6) is 0.507. The number of nitrogens with zero attached hydrogens (tertiary/aromatic N) is 3. The summed E-state index contributed by atoms with van der Waals surface area (Å²) in [4.78, 5) is 26.2. The Balaban J connectivity index is 1.45. The van der Waals surface area contributed by atoms with Crippen molar-refractivity contribution in [3.63, 3.8) is 0 Å². The van der Waals surface area contributed by atoms with Crippen LogP contribution in [-0.4, -0.2) is 51.1 Å². The molecule has 0 aliphatic carbocycles. The number of rotatable bonds is 9. The minimum atomic E-state index is -0.217. The van der Waals surface area contributed by atoms with Gasteiger partial charge in [-0.25, -0.2) is 0 Å². The molecule has 1 saturated heterocycles. The van der Waals surface area contributed by atoms with Crippen LogP contribution in [0.3, 0.4) is 0 Å². The summed E-state index contributed by atoms with van der Waals surface area (Å²) in [6.45, 7) is 5.22. The summed E-state index contributed by atoms with van der Waals surface area (Å²) in [6.07, 6.45) is 2.18. The van der Waals surface area contributed by atoms with Crippen LogP contribution < -0.4 is 10.6 Å². The van der Waals surface area contributed by atoms with Crippen LogP contribution in [0.1, 0.15) is 37.0 Å². The van der Waals surface area contributed by atoms with E-state index in [1.54, 1.807) is 35.6 Å². The molecule has 33 heavy (non-hydrogen) atoms. The number of amides is 2. The molecule has 3 aromatic rings. The number of hydrogen-bond donors (Lipinski definition) is 2. The topological polar surface area (TPSA) is 98.1 Å². The predicted octanol–water partition coefficient (Wildman–Crippen LogP) is 4.05. The molecule has 1 atom stereocenters. The van der Waals surface area contributed by atoms with Crippen molar-refractivity contribution < 1.29 is 14.3 Å². The molecule has 8 nitrogen and oxygen atoms in total. The van der Waals surface area contributed by atoms with Crippen LogP contribution in [0.4, 0.5) is 5.69 Å². The van der Waals surface area contributed by atoms with E-state index in [0.717, 1.165) is 30.2 Å². The molecule has 1 aliphatic heterocycles. The normalized spacial score (nSPS) is 15.7. The molecule has 0 saturated carbocycles. The average molecular weight is 486 g/mol. The van der Waals surface area contributed by atoms with Crippen molar-refractivity contribution in [3.8, 4) is 10.7 Å². The van der Waals surface area contributed by atoms with E-state index in [0.29, 0.717) is 23.0 Å². The Hall–Kier alpha value is -2.69. The number of para-hydroxylation sites is 1. The van der Waals surface area contributed by atoms with Gasteiger partial charge < -0.3 is 15.4 Å². The molecular weight excluding hydrogens is 458 g/mol. The van der Waals surface area contributed by atoms with E-state index in [2.05, 4.69) is 20.8 Å². The molecule has 2 amide bonds. The van der Waals surface area contributed by atoms with E-state index in [1.807, 2.05) is 35.9 Å². The Labute approximate surface area is 201 Å². The number of aromatic nitrogens is 3. The quantitative estimate of drug-likeness (QED) is 0.444. The van der Waals surface area contributed by atoms with E-state index < -0.39 is 0 Å². The molecule has 1 aliphatic rings. The lowest BCUT2D eigenvalue weighted by molar-refractivity contribution is -0.113. The monoisotopic (exact) mass is 485 g/mol. The van der Waals surface area contributed by atoms with Gasteiger partial charge in [0.1, 0.15) is 0 Å². The molecule has 2 aromatic heterocycles. The molecule has 1 aromatic carbocycles. The zero-order valence-corrected chi connectivity index (χ0v) is 20.2. The van der Waals surface area contributed by atoms with Gasteiger partial charge in [-0.2, -0.15) is 0 Å². The maximum atomic E-state index is 12.7. The van der Waals surface area contributed by atoms with Gasteiger partial charge >= 0.3 is 0 Å². The molecule has 0 bridgehead atoms. The standard InChI is InChI=1S/C23H27N5O3S2/c1-15(2)24-22(30)17-8-3-4-9-18(17)25-20(29)14-33-23-27-26-21(19-10-6-12-32-19)28(23)13-16-7-5-11-31-16/h3-4,6,8-10,12,15-16H,5,7,11,13-14H2,1-2H3,(H,24,30)(H,25,29). The molecule has 3 heterocycles. The Morgan fingerprint density at radius 2 is 2.09 bits per heavy atom. The van der Waals surface area contributed by atoms with Crippen LogP contribution in [0.15, 0.2) is 46.9 Å². The van der Waals surface area contributed by atoms with E-state index >= 15 is 0 Å². The van der Waals surface area contributed by atoms with Gasteiger partial charge in [-0.15, -0.1) is 21.5 Å².